The summed E-state index contributed by atoms with van der Waals surface area (Å²) in [4.78, 5) is 20.7. The largest absolute Gasteiger partial charge is 0.356 e. The first-order valence-electron chi connectivity index (χ1n) is 8.70. The number of nitrogens with zero attached hydrogens (tertiary/aromatic N) is 3. The van der Waals surface area contributed by atoms with Crippen molar-refractivity contribution in [2.24, 2.45) is 11.8 Å². The van der Waals surface area contributed by atoms with Gasteiger partial charge < -0.3 is 4.90 Å². The van der Waals surface area contributed by atoms with E-state index in [1.807, 2.05) is 12.1 Å². The molecule has 146 valence electrons. The van der Waals surface area contributed by atoms with Crippen molar-refractivity contribution in [3.8, 4) is 0 Å². The van der Waals surface area contributed by atoms with Gasteiger partial charge in [0.25, 0.3) is 0 Å². The molecule has 3 atom stereocenters. The fourth-order valence-electron chi connectivity index (χ4n) is 4.45. The SMILES string of the molecule is CC(=O)c1ccnc(N2C[C@@H]3CN(C)[C@@H](c4cccc(F)c4)[C@@H]3C2)c1.Cl.Cl. The molecule has 2 saturated heterocycles. The number of hydrogen-bond acceptors (Lipinski definition) is 4. The molecule has 0 spiro atoms. The number of halogens is 3. The van der Waals surface area contributed by atoms with E-state index in [0.29, 0.717) is 17.4 Å². The zero-order valence-corrected chi connectivity index (χ0v) is 17.0. The number of pyridine rings is 1. The van der Waals surface area contributed by atoms with Gasteiger partial charge in [-0.3, -0.25) is 9.69 Å². The number of benzene rings is 1. The van der Waals surface area contributed by atoms with Crippen LogP contribution in [-0.4, -0.2) is 42.3 Å². The molecule has 0 radical (unpaired) electrons. The van der Waals surface area contributed by atoms with E-state index in [9.17, 15) is 9.18 Å². The lowest BCUT2D eigenvalue weighted by atomic mass is 9.89. The summed E-state index contributed by atoms with van der Waals surface area (Å²) >= 11 is 0. The second-order valence-corrected chi connectivity index (χ2v) is 7.23. The Morgan fingerprint density at radius 2 is 1.93 bits per heavy atom. The van der Waals surface area contributed by atoms with Gasteiger partial charge >= 0.3 is 0 Å². The highest BCUT2D eigenvalue weighted by Gasteiger charge is 2.46. The van der Waals surface area contributed by atoms with Gasteiger partial charge in [0.15, 0.2) is 5.78 Å². The molecular weight excluding hydrogens is 388 g/mol. The Bertz CT molecular complexity index is 819. The van der Waals surface area contributed by atoms with Crippen LogP contribution >= 0.6 is 24.8 Å². The number of aromatic nitrogens is 1. The van der Waals surface area contributed by atoms with Crippen molar-refractivity contribution in [3.63, 3.8) is 0 Å². The van der Waals surface area contributed by atoms with Gasteiger partial charge in [-0.05, 0) is 49.7 Å². The van der Waals surface area contributed by atoms with Crippen molar-refractivity contribution in [1.29, 1.82) is 0 Å². The van der Waals surface area contributed by atoms with Crippen LogP contribution in [0.2, 0.25) is 0 Å². The Labute approximate surface area is 171 Å². The molecule has 0 N–H and O–H groups in total. The summed E-state index contributed by atoms with van der Waals surface area (Å²) in [5, 5.41) is 0. The summed E-state index contributed by atoms with van der Waals surface area (Å²) in [7, 11) is 2.12. The number of rotatable bonds is 3. The van der Waals surface area contributed by atoms with Gasteiger partial charge in [-0.1, -0.05) is 12.1 Å². The molecule has 2 fully saturated rings. The Balaban J connectivity index is 0.00000131. The first-order chi connectivity index (χ1) is 12.0. The molecule has 0 bridgehead atoms. The zero-order chi connectivity index (χ0) is 17.6. The van der Waals surface area contributed by atoms with Crippen molar-refractivity contribution in [2.45, 2.75) is 13.0 Å². The number of carbonyl (C=O) groups is 1. The Kier molecular flexibility index (Phi) is 6.84. The lowest BCUT2D eigenvalue weighted by Gasteiger charge is -2.27. The van der Waals surface area contributed by atoms with E-state index in [0.717, 1.165) is 31.0 Å². The van der Waals surface area contributed by atoms with Crippen LogP contribution in [-0.2, 0) is 0 Å². The number of carbonyl (C=O) groups excluding carboxylic acids is 1. The predicted molar refractivity (Wildman–Crippen MR) is 110 cm³/mol. The van der Waals surface area contributed by atoms with Crippen LogP contribution in [0.25, 0.3) is 0 Å². The zero-order valence-electron chi connectivity index (χ0n) is 15.3. The third-order valence-electron chi connectivity index (χ3n) is 5.56. The number of ketones is 1. The highest BCUT2D eigenvalue weighted by atomic mass is 35.5. The Hall–Kier alpha value is -1.69. The molecule has 0 unspecified atom stereocenters. The van der Waals surface area contributed by atoms with Crippen LogP contribution < -0.4 is 4.90 Å². The molecule has 3 heterocycles. The average molecular weight is 412 g/mol. The van der Waals surface area contributed by atoms with E-state index in [-0.39, 0.29) is 42.5 Å². The topological polar surface area (TPSA) is 36.4 Å². The highest BCUT2D eigenvalue weighted by Crippen LogP contribution is 2.44. The third-order valence-corrected chi connectivity index (χ3v) is 5.56. The maximum absolute atomic E-state index is 13.7. The van der Waals surface area contributed by atoms with E-state index in [1.54, 1.807) is 31.3 Å². The van der Waals surface area contributed by atoms with Crippen LogP contribution in [0.5, 0.6) is 0 Å². The minimum Gasteiger partial charge on any atom is -0.356 e. The van der Waals surface area contributed by atoms with Crippen molar-refractivity contribution in [3.05, 3.63) is 59.5 Å². The molecule has 0 saturated carbocycles. The van der Waals surface area contributed by atoms with Crippen LogP contribution in [0.15, 0.2) is 42.6 Å². The molecule has 2 aliphatic rings. The Morgan fingerprint density at radius 1 is 1.15 bits per heavy atom. The molecule has 0 amide bonds. The maximum Gasteiger partial charge on any atom is 0.159 e. The number of Topliss-reactive ketones (excluding diaryl/α,β-unsaturated/α-hetero) is 1. The van der Waals surface area contributed by atoms with E-state index < -0.39 is 0 Å². The van der Waals surface area contributed by atoms with E-state index in [2.05, 4.69) is 21.8 Å². The van der Waals surface area contributed by atoms with E-state index >= 15 is 0 Å². The first kappa shape index (κ1) is 21.6. The summed E-state index contributed by atoms with van der Waals surface area (Å²) < 4.78 is 13.7. The van der Waals surface area contributed by atoms with Gasteiger partial charge in [0.05, 0.1) is 0 Å². The van der Waals surface area contributed by atoms with Gasteiger partial charge in [0.2, 0.25) is 0 Å². The van der Waals surface area contributed by atoms with Gasteiger partial charge in [0, 0.05) is 43.4 Å². The molecule has 1 aromatic carbocycles. The highest BCUT2D eigenvalue weighted by molar-refractivity contribution is 5.94. The summed E-state index contributed by atoms with van der Waals surface area (Å²) in [5.41, 5.74) is 1.74. The number of fused-ring (bicyclic) bond motifs is 1. The molecule has 4 rings (SSSR count). The maximum atomic E-state index is 13.7. The van der Waals surface area contributed by atoms with Gasteiger partial charge in [-0.2, -0.15) is 0 Å². The fraction of sp³-hybridized carbons (Fsp3) is 0.400. The van der Waals surface area contributed by atoms with Crippen LogP contribution in [0.3, 0.4) is 0 Å². The number of anilines is 1. The molecule has 0 aliphatic carbocycles. The van der Waals surface area contributed by atoms with Gasteiger partial charge in [-0.25, -0.2) is 9.37 Å². The van der Waals surface area contributed by atoms with Crippen LogP contribution in [0, 0.1) is 17.7 Å². The molecule has 7 heteroatoms. The smallest absolute Gasteiger partial charge is 0.159 e. The quantitative estimate of drug-likeness (QED) is 0.714. The van der Waals surface area contributed by atoms with Gasteiger partial charge in [-0.15, -0.1) is 24.8 Å². The van der Waals surface area contributed by atoms with Crippen LogP contribution in [0.1, 0.15) is 28.9 Å². The normalized spacial score (nSPS) is 24.1. The van der Waals surface area contributed by atoms with Crippen LogP contribution in [0.4, 0.5) is 10.2 Å². The summed E-state index contributed by atoms with van der Waals surface area (Å²) in [6.07, 6.45) is 1.70. The summed E-state index contributed by atoms with van der Waals surface area (Å²) in [6, 6.07) is 10.8. The summed E-state index contributed by atoms with van der Waals surface area (Å²) in [5.74, 6) is 1.71. The molecular formula is C20H24Cl2FN3O. The molecule has 1 aromatic heterocycles. The van der Waals surface area contributed by atoms with Crippen molar-refractivity contribution >= 4 is 36.4 Å². The average Bonchev–Trinajstić information content (AvgIpc) is 3.11. The van der Waals surface area contributed by atoms with Gasteiger partial charge in [0.1, 0.15) is 11.6 Å². The first-order valence-corrected chi connectivity index (χ1v) is 8.70. The van der Waals surface area contributed by atoms with E-state index in [1.165, 1.54) is 6.07 Å². The number of hydrogen-bond donors (Lipinski definition) is 0. The van der Waals surface area contributed by atoms with E-state index in [4.69, 9.17) is 0 Å². The second kappa shape index (κ2) is 8.55. The minimum absolute atomic E-state index is 0. The standard InChI is InChI=1S/C20H22FN3O.2ClH/c1-13(25)14-6-7-22-19(9-14)24-11-16-10-23(2)20(18(16)12-24)15-4-3-5-17(21)8-15;;/h3-9,16,18,20H,10-12H2,1-2H3;2*1H/t16-,18+,20-;;/m0../s1. The molecule has 4 nitrogen and oxygen atoms in total. The monoisotopic (exact) mass is 411 g/mol. The minimum atomic E-state index is -0.181. The van der Waals surface area contributed by atoms with Crippen molar-refractivity contribution < 1.29 is 9.18 Å². The van der Waals surface area contributed by atoms with Crippen molar-refractivity contribution in [2.75, 3.05) is 31.6 Å². The third kappa shape index (κ3) is 4.10. The molecule has 2 aromatic rings. The lowest BCUT2D eigenvalue weighted by molar-refractivity contribution is 0.101. The fourth-order valence-corrected chi connectivity index (χ4v) is 4.45. The Morgan fingerprint density at radius 3 is 2.63 bits per heavy atom. The predicted octanol–water partition coefficient (Wildman–Crippen LogP) is 4.01. The molecule has 2 aliphatic heterocycles. The summed E-state index contributed by atoms with van der Waals surface area (Å²) in [6.45, 7) is 4.38. The molecule has 27 heavy (non-hydrogen) atoms. The second-order valence-electron chi connectivity index (χ2n) is 7.23. The lowest BCUT2D eigenvalue weighted by Crippen LogP contribution is -2.29. The number of likely N-dealkylation sites (tertiary alicyclic amines) is 1. The van der Waals surface area contributed by atoms with Crippen molar-refractivity contribution in [1.82, 2.24) is 9.88 Å².